The van der Waals surface area contributed by atoms with Crippen molar-refractivity contribution in [3.63, 3.8) is 0 Å². The van der Waals surface area contributed by atoms with Crippen molar-refractivity contribution in [2.24, 2.45) is 0 Å². The maximum atomic E-state index is 2.31. The summed E-state index contributed by atoms with van der Waals surface area (Å²) in [6.45, 7) is 2.18. The lowest BCUT2D eigenvalue weighted by molar-refractivity contribution is 1.46. The standard InChI is InChI=1S/C29H22/c1-21-18-26(24-16-14-23(15-17-24)22-8-3-2-4-9-22)20-27(19-21)29-13-7-11-25-10-5-6-12-28(25)29/h2-20H,1H3. The minimum Gasteiger partial charge on any atom is -0.0622 e. The lowest BCUT2D eigenvalue weighted by atomic mass is 9.93. The molecule has 0 radical (unpaired) electrons. The van der Waals surface area contributed by atoms with Gasteiger partial charge in [0.25, 0.3) is 0 Å². The van der Waals surface area contributed by atoms with E-state index in [2.05, 4.69) is 122 Å². The van der Waals surface area contributed by atoms with Gasteiger partial charge in [0.2, 0.25) is 0 Å². The van der Waals surface area contributed by atoms with E-state index in [1.807, 2.05) is 0 Å². The maximum Gasteiger partial charge on any atom is -0.0105 e. The summed E-state index contributed by atoms with van der Waals surface area (Å²) < 4.78 is 0. The van der Waals surface area contributed by atoms with Gasteiger partial charge in [0.1, 0.15) is 0 Å². The first-order chi connectivity index (χ1) is 14.3. The van der Waals surface area contributed by atoms with Crippen LogP contribution < -0.4 is 0 Å². The molecule has 0 amide bonds. The van der Waals surface area contributed by atoms with Crippen molar-refractivity contribution in [2.75, 3.05) is 0 Å². The molecule has 0 nitrogen and oxygen atoms in total. The minimum atomic E-state index is 1.25. The second-order valence-corrected chi connectivity index (χ2v) is 7.56. The third kappa shape index (κ3) is 3.46. The van der Waals surface area contributed by atoms with E-state index in [9.17, 15) is 0 Å². The summed E-state index contributed by atoms with van der Waals surface area (Å²) in [6, 6.07) is 41.4. The van der Waals surface area contributed by atoms with Gasteiger partial charge in [-0.05, 0) is 62.7 Å². The lowest BCUT2D eigenvalue weighted by Gasteiger charge is -2.11. The average Bonchev–Trinajstić information content (AvgIpc) is 2.79. The predicted octanol–water partition coefficient (Wildman–Crippen LogP) is 8.15. The highest BCUT2D eigenvalue weighted by molar-refractivity contribution is 5.97. The summed E-state index contributed by atoms with van der Waals surface area (Å²) in [6.07, 6.45) is 0. The normalized spacial score (nSPS) is 10.9. The molecule has 0 heteroatoms. The molecule has 0 atom stereocenters. The summed E-state index contributed by atoms with van der Waals surface area (Å²) in [4.78, 5) is 0. The highest BCUT2D eigenvalue weighted by Crippen LogP contribution is 2.33. The Morgan fingerprint density at radius 1 is 0.414 bits per heavy atom. The van der Waals surface area contributed by atoms with Crippen molar-refractivity contribution < 1.29 is 0 Å². The van der Waals surface area contributed by atoms with Crippen molar-refractivity contribution in [3.8, 4) is 33.4 Å². The number of hydrogen-bond acceptors (Lipinski definition) is 0. The lowest BCUT2D eigenvalue weighted by Crippen LogP contribution is -1.86. The molecular weight excluding hydrogens is 348 g/mol. The van der Waals surface area contributed by atoms with Crippen LogP contribution >= 0.6 is 0 Å². The van der Waals surface area contributed by atoms with Crippen molar-refractivity contribution in [1.82, 2.24) is 0 Å². The molecule has 0 heterocycles. The zero-order chi connectivity index (χ0) is 19.6. The monoisotopic (exact) mass is 370 g/mol. The fourth-order valence-electron chi connectivity index (χ4n) is 4.07. The van der Waals surface area contributed by atoms with Crippen molar-refractivity contribution in [3.05, 3.63) is 121 Å². The summed E-state index contributed by atoms with van der Waals surface area (Å²) in [5.41, 5.74) is 8.83. The molecule has 0 unspecified atom stereocenters. The summed E-state index contributed by atoms with van der Waals surface area (Å²) in [5.74, 6) is 0. The van der Waals surface area contributed by atoms with E-state index in [-0.39, 0.29) is 0 Å². The molecule has 138 valence electrons. The van der Waals surface area contributed by atoms with Crippen LogP contribution in [0.4, 0.5) is 0 Å². The van der Waals surface area contributed by atoms with Crippen LogP contribution in [0.2, 0.25) is 0 Å². The van der Waals surface area contributed by atoms with Crippen molar-refractivity contribution in [2.45, 2.75) is 6.92 Å². The molecular formula is C29H22. The van der Waals surface area contributed by atoms with Crippen LogP contribution in [-0.2, 0) is 0 Å². The van der Waals surface area contributed by atoms with Gasteiger partial charge in [-0.15, -0.1) is 0 Å². The Hall–Kier alpha value is -3.64. The first-order valence-corrected chi connectivity index (χ1v) is 10.0. The second kappa shape index (κ2) is 7.41. The quantitative estimate of drug-likeness (QED) is 0.300. The minimum absolute atomic E-state index is 1.25. The van der Waals surface area contributed by atoms with Crippen LogP contribution in [0.5, 0.6) is 0 Å². The third-order valence-corrected chi connectivity index (χ3v) is 5.50. The van der Waals surface area contributed by atoms with Gasteiger partial charge in [-0.3, -0.25) is 0 Å². The molecule has 0 aliphatic heterocycles. The molecule has 0 aliphatic carbocycles. The smallest absolute Gasteiger partial charge is 0.0105 e. The Morgan fingerprint density at radius 2 is 1.00 bits per heavy atom. The Bertz CT molecular complexity index is 1270. The van der Waals surface area contributed by atoms with E-state index >= 15 is 0 Å². The molecule has 0 bridgehead atoms. The Balaban J connectivity index is 1.58. The Kier molecular flexibility index (Phi) is 4.46. The van der Waals surface area contributed by atoms with Crippen molar-refractivity contribution in [1.29, 1.82) is 0 Å². The molecule has 0 fully saturated rings. The average molecular weight is 370 g/mol. The second-order valence-electron chi connectivity index (χ2n) is 7.56. The molecule has 0 aromatic heterocycles. The first kappa shape index (κ1) is 17.5. The van der Waals surface area contributed by atoms with Gasteiger partial charge in [-0.1, -0.05) is 109 Å². The van der Waals surface area contributed by atoms with Gasteiger partial charge in [0.05, 0.1) is 0 Å². The van der Waals surface area contributed by atoms with Gasteiger partial charge in [-0.25, -0.2) is 0 Å². The molecule has 0 saturated heterocycles. The van der Waals surface area contributed by atoms with E-state index < -0.39 is 0 Å². The fraction of sp³-hybridized carbons (Fsp3) is 0.0345. The predicted molar refractivity (Wildman–Crippen MR) is 125 cm³/mol. The van der Waals surface area contributed by atoms with Crippen molar-refractivity contribution >= 4 is 10.8 Å². The Labute approximate surface area is 172 Å². The summed E-state index contributed by atoms with van der Waals surface area (Å²) >= 11 is 0. The van der Waals surface area contributed by atoms with Crippen LogP contribution in [0, 0.1) is 6.92 Å². The highest BCUT2D eigenvalue weighted by Gasteiger charge is 2.07. The van der Waals surface area contributed by atoms with E-state index in [4.69, 9.17) is 0 Å². The summed E-state index contributed by atoms with van der Waals surface area (Å²) in [5, 5.41) is 2.58. The first-order valence-electron chi connectivity index (χ1n) is 10.0. The molecule has 5 rings (SSSR count). The molecule has 5 aromatic rings. The molecule has 0 aliphatic rings. The number of benzene rings is 5. The molecule has 0 saturated carbocycles. The van der Waals surface area contributed by atoms with Gasteiger partial charge in [0, 0.05) is 0 Å². The number of fused-ring (bicyclic) bond motifs is 1. The topological polar surface area (TPSA) is 0 Å². The van der Waals surface area contributed by atoms with Crippen LogP contribution in [0.15, 0.2) is 115 Å². The number of hydrogen-bond donors (Lipinski definition) is 0. The van der Waals surface area contributed by atoms with Crippen LogP contribution in [-0.4, -0.2) is 0 Å². The third-order valence-electron chi connectivity index (χ3n) is 5.50. The van der Waals surface area contributed by atoms with E-state index in [1.165, 1.54) is 49.7 Å². The van der Waals surface area contributed by atoms with Gasteiger partial charge >= 0.3 is 0 Å². The number of aryl methyl sites for hydroxylation is 1. The van der Waals surface area contributed by atoms with Gasteiger partial charge in [0.15, 0.2) is 0 Å². The van der Waals surface area contributed by atoms with Gasteiger partial charge < -0.3 is 0 Å². The van der Waals surface area contributed by atoms with Crippen LogP contribution in [0.25, 0.3) is 44.2 Å². The Morgan fingerprint density at radius 3 is 1.79 bits per heavy atom. The zero-order valence-electron chi connectivity index (χ0n) is 16.5. The molecule has 0 spiro atoms. The molecule has 5 aromatic carbocycles. The van der Waals surface area contributed by atoms with E-state index in [0.717, 1.165) is 0 Å². The molecule has 0 N–H and O–H groups in total. The van der Waals surface area contributed by atoms with Crippen LogP contribution in [0.1, 0.15) is 5.56 Å². The van der Waals surface area contributed by atoms with Crippen LogP contribution in [0.3, 0.4) is 0 Å². The van der Waals surface area contributed by atoms with Gasteiger partial charge in [-0.2, -0.15) is 0 Å². The van der Waals surface area contributed by atoms with E-state index in [1.54, 1.807) is 0 Å². The highest BCUT2D eigenvalue weighted by atomic mass is 14.1. The number of rotatable bonds is 3. The SMILES string of the molecule is Cc1cc(-c2ccc(-c3ccccc3)cc2)cc(-c2cccc3ccccc23)c1. The summed E-state index contributed by atoms with van der Waals surface area (Å²) in [7, 11) is 0. The largest absolute Gasteiger partial charge is 0.0622 e. The maximum absolute atomic E-state index is 2.31. The zero-order valence-corrected chi connectivity index (χ0v) is 16.5. The van der Waals surface area contributed by atoms with E-state index in [0.29, 0.717) is 0 Å². The fourth-order valence-corrected chi connectivity index (χ4v) is 4.07. The molecule has 29 heavy (non-hydrogen) atoms.